The van der Waals surface area contributed by atoms with E-state index in [2.05, 4.69) is 14.6 Å². The number of aryl methyl sites for hydroxylation is 2. The molecule has 1 fully saturated rings. The first-order valence-electron chi connectivity index (χ1n) is 12.0. The minimum atomic E-state index is -2.60. The van der Waals surface area contributed by atoms with E-state index in [0.717, 1.165) is 60.8 Å². The summed E-state index contributed by atoms with van der Waals surface area (Å²) in [6, 6.07) is 3.56. The number of benzene rings is 1. The highest BCUT2D eigenvalue weighted by Gasteiger charge is 2.37. The largest absolute Gasteiger partial charge is 0.335 e. The van der Waals surface area contributed by atoms with Gasteiger partial charge in [-0.25, -0.2) is 13.8 Å². The lowest BCUT2D eigenvalue weighted by molar-refractivity contribution is -0.133. The zero-order chi connectivity index (χ0) is 23.6. The van der Waals surface area contributed by atoms with E-state index in [1.165, 1.54) is 0 Å². The van der Waals surface area contributed by atoms with Crippen molar-refractivity contribution in [2.45, 2.75) is 58.0 Å². The first kappa shape index (κ1) is 21.3. The molecule has 0 radical (unpaired) electrons. The number of hydrogen-bond donors (Lipinski definition) is 0. The molecule has 0 unspecified atom stereocenters. The van der Waals surface area contributed by atoms with Crippen molar-refractivity contribution in [3.63, 3.8) is 0 Å². The maximum atomic E-state index is 14.2. The molecule has 1 aliphatic carbocycles. The minimum absolute atomic E-state index is 0.0134. The van der Waals surface area contributed by atoms with E-state index in [1.54, 1.807) is 30.2 Å². The van der Waals surface area contributed by atoms with Crippen molar-refractivity contribution in [3.05, 3.63) is 47.2 Å². The number of carbonyl (C=O) groups excluding carboxylic acids is 1. The van der Waals surface area contributed by atoms with Crippen LogP contribution in [-0.2, 0) is 31.4 Å². The smallest absolute Gasteiger partial charge is 0.264 e. The fourth-order valence-electron chi connectivity index (χ4n) is 5.35. The van der Waals surface area contributed by atoms with Crippen molar-refractivity contribution in [1.82, 2.24) is 24.2 Å². The fourth-order valence-corrected chi connectivity index (χ4v) is 5.35. The molecular weight excluding hydrogens is 438 g/mol. The van der Waals surface area contributed by atoms with Crippen molar-refractivity contribution in [2.24, 2.45) is 7.05 Å². The van der Waals surface area contributed by atoms with Crippen LogP contribution in [0, 0.1) is 0 Å². The summed E-state index contributed by atoms with van der Waals surface area (Å²) < 4.78 is 32.2. The maximum absolute atomic E-state index is 14.2. The SMILES string of the molecule is CCN1Cc2c(N3CCCc4cc(-c5cnn(C)c5)c(C(F)F)cc43)nc(C3CC3)n2CC1=O. The summed E-state index contributed by atoms with van der Waals surface area (Å²) in [6.45, 7) is 4.16. The summed E-state index contributed by atoms with van der Waals surface area (Å²) in [7, 11) is 1.79. The van der Waals surface area contributed by atoms with Gasteiger partial charge in [0.05, 0.1) is 18.4 Å². The van der Waals surface area contributed by atoms with Gasteiger partial charge in [-0.1, -0.05) is 0 Å². The quantitative estimate of drug-likeness (QED) is 0.554. The second-order valence-electron chi connectivity index (χ2n) is 9.54. The van der Waals surface area contributed by atoms with E-state index in [-0.39, 0.29) is 11.5 Å². The van der Waals surface area contributed by atoms with E-state index >= 15 is 0 Å². The molecule has 0 spiro atoms. The average Bonchev–Trinajstić information content (AvgIpc) is 3.48. The Kier molecular flexibility index (Phi) is 4.97. The van der Waals surface area contributed by atoms with E-state index in [9.17, 15) is 13.6 Å². The Labute approximate surface area is 197 Å². The molecule has 1 aromatic carbocycles. The van der Waals surface area contributed by atoms with Crippen molar-refractivity contribution in [3.8, 4) is 11.1 Å². The molecule has 2 aromatic heterocycles. The number of hydrogen-bond acceptors (Lipinski definition) is 4. The molecule has 2 aliphatic heterocycles. The Morgan fingerprint density at radius 2 is 2.03 bits per heavy atom. The van der Waals surface area contributed by atoms with Crippen LogP contribution in [0.15, 0.2) is 24.5 Å². The molecule has 4 heterocycles. The van der Waals surface area contributed by atoms with Crippen LogP contribution in [0.25, 0.3) is 11.1 Å². The Bertz CT molecular complexity index is 1270. The second-order valence-corrected chi connectivity index (χ2v) is 9.54. The predicted molar refractivity (Wildman–Crippen MR) is 124 cm³/mol. The van der Waals surface area contributed by atoms with Crippen LogP contribution in [0.5, 0.6) is 0 Å². The van der Waals surface area contributed by atoms with Gasteiger partial charge in [-0.2, -0.15) is 5.10 Å². The Balaban J connectivity index is 1.48. The van der Waals surface area contributed by atoms with Crippen molar-refractivity contribution < 1.29 is 13.6 Å². The van der Waals surface area contributed by atoms with Crippen LogP contribution < -0.4 is 4.90 Å². The molecule has 7 nitrogen and oxygen atoms in total. The minimum Gasteiger partial charge on any atom is -0.335 e. The van der Waals surface area contributed by atoms with E-state index < -0.39 is 6.43 Å². The zero-order valence-electron chi connectivity index (χ0n) is 19.5. The highest BCUT2D eigenvalue weighted by molar-refractivity contribution is 5.80. The molecule has 1 amide bonds. The highest BCUT2D eigenvalue weighted by atomic mass is 19.3. The number of alkyl halides is 2. The summed E-state index contributed by atoms with van der Waals surface area (Å²) in [5.41, 5.74) is 4.12. The third kappa shape index (κ3) is 3.40. The molecule has 0 saturated heterocycles. The van der Waals surface area contributed by atoms with Crippen molar-refractivity contribution in [1.29, 1.82) is 0 Å². The number of rotatable bonds is 5. The van der Waals surface area contributed by atoms with E-state index in [1.807, 2.05) is 17.9 Å². The number of likely N-dealkylation sites (N-methyl/N-ethyl adjacent to an activating group) is 1. The van der Waals surface area contributed by atoms with E-state index in [4.69, 9.17) is 4.98 Å². The average molecular weight is 467 g/mol. The summed E-state index contributed by atoms with van der Waals surface area (Å²) in [5, 5.41) is 4.18. The number of fused-ring (bicyclic) bond motifs is 2. The molecule has 34 heavy (non-hydrogen) atoms. The van der Waals surface area contributed by atoms with Gasteiger partial charge >= 0.3 is 0 Å². The fraction of sp³-hybridized carbons (Fsp3) is 0.480. The van der Waals surface area contributed by atoms with Gasteiger partial charge in [0.15, 0.2) is 5.82 Å². The van der Waals surface area contributed by atoms with Crippen molar-refractivity contribution >= 4 is 17.4 Å². The van der Waals surface area contributed by atoms with Crippen LogP contribution >= 0.6 is 0 Å². The predicted octanol–water partition coefficient (Wildman–Crippen LogP) is 4.55. The topological polar surface area (TPSA) is 59.2 Å². The van der Waals surface area contributed by atoms with Gasteiger partial charge in [0.1, 0.15) is 12.4 Å². The molecule has 0 N–H and O–H groups in total. The van der Waals surface area contributed by atoms with E-state index in [0.29, 0.717) is 36.7 Å². The van der Waals surface area contributed by atoms with Crippen LogP contribution in [0.2, 0.25) is 0 Å². The number of amides is 1. The molecule has 0 bridgehead atoms. The molecule has 178 valence electrons. The van der Waals surface area contributed by atoms with Gasteiger partial charge in [-0.15, -0.1) is 0 Å². The number of halogens is 2. The number of aromatic nitrogens is 4. The van der Waals surface area contributed by atoms with Gasteiger partial charge in [0.25, 0.3) is 6.43 Å². The molecule has 0 atom stereocenters. The van der Waals surface area contributed by atoms with Crippen LogP contribution in [-0.4, -0.2) is 43.2 Å². The Hall–Kier alpha value is -3.23. The first-order chi connectivity index (χ1) is 16.4. The third-order valence-corrected chi connectivity index (χ3v) is 7.27. The first-order valence-corrected chi connectivity index (χ1v) is 12.0. The summed E-state index contributed by atoms with van der Waals surface area (Å²) in [5.74, 6) is 2.30. The summed E-state index contributed by atoms with van der Waals surface area (Å²) >= 11 is 0. The number of imidazole rings is 1. The lowest BCUT2D eigenvalue weighted by Crippen LogP contribution is -2.39. The molecule has 1 saturated carbocycles. The van der Waals surface area contributed by atoms with Gasteiger partial charge in [0, 0.05) is 49.1 Å². The number of nitrogens with zero attached hydrogens (tertiary/aromatic N) is 6. The lowest BCUT2D eigenvalue weighted by atomic mass is 9.93. The normalized spacial score (nSPS) is 18.0. The maximum Gasteiger partial charge on any atom is 0.264 e. The third-order valence-electron chi connectivity index (χ3n) is 7.27. The van der Waals surface area contributed by atoms with Crippen LogP contribution in [0.3, 0.4) is 0 Å². The monoisotopic (exact) mass is 466 g/mol. The molecule has 3 aliphatic rings. The van der Waals surface area contributed by atoms with Crippen LogP contribution in [0.4, 0.5) is 20.3 Å². The number of carbonyl (C=O) groups is 1. The molecular formula is C25H28F2N6O. The highest BCUT2D eigenvalue weighted by Crippen LogP contribution is 2.46. The number of anilines is 2. The standard InChI is InChI=1S/C25H28F2N6O/c1-3-31-13-21-25(29-24(15-6-7-15)33(21)14-22(31)34)32-8-4-5-16-9-18(17-11-28-30(2)12-17)19(23(26)27)10-20(16)32/h9-12,15,23H,3-8,13-14H2,1-2H3. The van der Waals surface area contributed by atoms with Gasteiger partial charge in [-0.05, 0) is 55.9 Å². The molecule has 3 aromatic rings. The Morgan fingerprint density at radius 3 is 2.71 bits per heavy atom. The zero-order valence-corrected chi connectivity index (χ0v) is 19.5. The van der Waals surface area contributed by atoms with Gasteiger partial charge in [-0.3, -0.25) is 9.48 Å². The summed E-state index contributed by atoms with van der Waals surface area (Å²) in [4.78, 5) is 21.6. The van der Waals surface area contributed by atoms with Crippen molar-refractivity contribution in [2.75, 3.05) is 18.0 Å². The van der Waals surface area contributed by atoms with Crippen LogP contribution in [0.1, 0.15) is 61.2 Å². The second kappa shape index (κ2) is 7.92. The molecule has 9 heteroatoms. The summed E-state index contributed by atoms with van der Waals surface area (Å²) in [6.07, 6.45) is 4.72. The Morgan fingerprint density at radius 1 is 1.21 bits per heavy atom. The molecule has 6 rings (SSSR count). The lowest BCUT2D eigenvalue weighted by Gasteiger charge is -2.34. The van der Waals surface area contributed by atoms with Gasteiger partial charge < -0.3 is 14.4 Å². The van der Waals surface area contributed by atoms with Gasteiger partial charge in [0.2, 0.25) is 5.91 Å².